The molecule has 2 aliphatic rings. The number of hydrogen-bond donors (Lipinski definition) is 0. The van der Waals surface area contributed by atoms with E-state index in [0.717, 1.165) is 54.8 Å². The van der Waals surface area contributed by atoms with Crippen molar-refractivity contribution in [2.24, 2.45) is 5.92 Å². The lowest BCUT2D eigenvalue weighted by molar-refractivity contribution is -0.130. The highest BCUT2D eigenvalue weighted by molar-refractivity contribution is 6.31. The number of carbonyl (C=O) groups is 1. The summed E-state index contributed by atoms with van der Waals surface area (Å²) >= 11 is 6.58. The van der Waals surface area contributed by atoms with Gasteiger partial charge in [-0.3, -0.25) is 4.79 Å². The van der Waals surface area contributed by atoms with E-state index in [4.69, 9.17) is 11.6 Å². The van der Waals surface area contributed by atoms with Gasteiger partial charge < -0.3 is 4.90 Å². The highest BCUT2D eigenvalue weighted by Gasteiger charge is 2.32. The molecule has 2 heterocycles. The summed E-state index contributed by atoms with van der Waals surface area (Å²) in [6.07, 6.45) is 12.6. The van der Waals surface area contributed by atoms with E-state index in [9.17, 15) is 4.79 Å². The van der Waals surface area contributed by atoms with E-state index in [1.165, 1.54) is 24.7 Å². The summed E-state index contributed by atoms with van der Waals surface area (Å²) in [6, 6.07) is 6.68. The first-order chi connectivity index (χ1) is 12.7. The Morgan fingerprint density at radius 3 is 2.69 bits per heavy atom. The fraction of sp³-hybridized carbons (Fsp3) is 0.476. The Morgan fingerprint density at radius 2 is 1.96 bits per heavy atom. The summed E-state index contributed by atoms with van der Waals surface area (Å²) < 4.78 is 0. The Hall–Kier alpha value is -1.94. The molecule has 1 aromatic carbocycles. The zero-order valence-electron chi connectivity index (χ0n) is 14.9. The molecule has 1 aliphatic heterocycles. The predicted octanol–water partition coefficient (Wildman–Crippen LogP) is 4.52. The van der Waals surface area contributed by atoms with Gasteiger partial charge >= 0.3 is 0 Å². The van der Waals surface area contributed by atoms with Crippen LogP contribution in [0.5, 0.6) is 0 Å². The number of carbonyl (C=O) groups excluding carboxylic acids is 1. The molecular formula is C21H24ClN3O. The van der Waals surface area contributed by atoms with Gasteiger partial charge in [0, 0.05) is 42.0 Å². The molecule has 4 nitrogen and oxygen atoms in total. The molecule has 1 saturated heterocycles. The lowest BCUT2D eigenvalue weighted by Gasteiger charge is -2.35. The fourth-order valence-corrected chi connectivity index (χ4v) is 4.70. The molecule has 136 valence electrons. The molecule has 2 atom stereocenters. The third-order valence-electron chi connectivity index (χ3n) is 5.76. The van der Waals surface area contributed by atoms with Gasteiger partial charge in [-0.15, -0.1) is 0 Å². The van der Waals surface area contributed by atoms with Crippen molar-refractivity contribution in [1.82, 2.24) is 14.9 Å². The van der Waals surface area contributed by atoms with Crippen LogP contribution in [0.4, 0.5) is 0 Å². The van der Waals surface area contributed by atoms with Crippen LogP contribution in [-0.2, 0) is 11.2 Å². The SMILES string of the molecule is O=C1CCCN1C1CCCC(Cc2ccc(-c3cncnc3)cc2Cl)C1. The molecule has 0 spiro atoms. The van der Waals surface area contributed by atoms with Gasteiger partial charge in [0.15, 0.2) is 0 Å². The van der Waals surface area contributed by atoms with Crippen molar-refractivity contribution >= 4 is 17.5 Å². The van der Waals surface area contributed by atoms with Crippen LogP contribution in [-0.4, -0.2) is 33.4 Å². The molecule has 26 heavy (non-hydrogen) atoms. The van der Waals surface area contributed by atoms with Gasteiger partial charge in [0.05, 0.1) is 0 Å². The molecule has 1 aromatic heterocycles. The minimum absolute atomic E-state index is 0.350. The Morgan fingerprint density at radius 1 is 1.12 bits per heavy atom. The van der Waals surface area contributed by atoms with Gasteiger partial charge in [0.2, 0.25) is 5.91 Å². The van der Waals surface area contributed by atoms with Crippen molar-refractivity contribution in [3.63, 3.8) is 0 Å². The van der Waals surface area contributed by atoms with Crippen LogP contribution in [0.2, 0.25) is 5.02 Å². The largest absolute Gasteiger partial charge is 0.340 e. The maximum Gasteiger partial charge on any atom is 0.222 e. The van der Waals surface area contributed by atoms with Gasteiger partial charge in [-0.05, 0) is 55.2 Å². The van der Waals surface area contributed by atoms with Crippen molar-refractivity contribution in [3.8, 4) is 11.1 Å². The summed E-state index contributed by atoms with van der Waals surface area (Å²) in [5.74, 6) is 0.952. The normalized spacial score (nSPS) is 23.4. The maximum absolute atomic E-state index is 12.1. The highest BCUT2D eigenvalue weighted by atomic mass is 35.5. The number of nitrogens with zero attached hydrogens (tertiary/aromatic N) is 3. The van der Waals surface area contributed by atoms with Crippen LogP contribution in [0, 0.1) is 5.92 Å². The number of hydrogen-bond acceptors (Lipinski definition) is 3. The zero-order chi connectivity index (χ0) is 17.9. The van der Waals surface area contributed by atoms with E-state index in [1.54, 1.807) is 12.4 Å². The fourth-order valence-electron chi connectivity index (χ4n) is 4.44. The molecule has 0 N–H and O–H groups in total. The summed E-state index contributed by atoms with van der Waals surface area (Å²) in [5.41, 5.74) is 3.22. The average Bonchev–Trinajstić information content (AvgIpc) is 3.10. The second kappa shape index (κ2) is 7.75. The van der Waals surface area contributed by atoms with Crippen molar-refractivity contribution < 1.29 is 4.79 Å². The molecule has 5 heteroatoms. The van der Waals surface area contributed by atoms with E-state index in [-0.39, 0.29) is 0 Å². The van der Waals surface area contributed by atoms with Gasteiger partial charge in [-0.2, -0.15) is 0 Å². The molecule has 2 unspecified atom stereocenters. The second-order valence-electron chi connectivity index (χ2n) is 7.51. The molecule has 4 rings (SSSR count). The molecule has 2 fully saturated rings. The van der Waals surface area contributed by atoms with E-state index in [0.29, 0.717) is 17.9 Å². The van der Waals surface area contributed by atoms with Crippen LogP contribution in [0.3, 0.4) is 0 Å². The zero-order valence-corrected chi connectivity index (χ0v) is 15.7. The number of rotatable bonds is 4. The summed E-state index contributed by atoms with van der Waals surface area (Å²) in [5, 5.41) is 0.811. The van der Waals surface area contributed by atoms with E-state index in [1.807, 2.05) is 6.07 Å². The van der Waals surface area contributed by atoms with Gasteiger partial charge in [0.1, 0.15) is 6.33 Å². The van der Waals surface area contributed by atoms with Gasteiger partial charge in [-0.25, -0.2) is 9.97 Å². The minimum Gasteiger partial charge on any atom is -0.340 e. The first-order valence-corrected chi connectivity index (χ1v) is 9.92. The molecule has 1 saturated carbocycles. The summed E-state index contributed by atoms with van der Waals surface area (Å²) in [7, 11) is 0. The second-order valence-corrected chi connectivity index (χ2v) is 7.92. The number of halogens is 1. The number of aromatic nitrogens is 2. The maximum atomic E-state index is 12.1. The van der Waals surface area contributed by atoms with Crippen LogP contribution in [0.25, 0.3) is 11.1 Å². The Balaban J connectivity index is 1.44. The monoisotopic (exact) mass is 369 g/mol. The number of benzene rings is 1. The third kappa shape index (κ3) is 3.75. The van der Waals surface area contributed by atoms with E-state index >= 15 is 0 Å². The Labute approximate surface area is 159 Å². The van der Waals surface area contributed by atoms with E-state index < -0.39 is 0 Å². The lowest BCUT2D eigenvalue weighted by Crippen LogP contribution is -2.39. The van der Waals surface area contributed by atoms with Crippen LogP contribution < -0.4 is 0 Å². The van der Waals surface area contributed by atoms with Crippen molar-refractivity contribution in [2.45, 2.75) is 51.0 Å². The predicted molar refractivity (Wildman–Crippen MR) is 103 cm³/mol. The van der Waals surface area contributed by atoms with Crippen LogP contribution in [0.15, 0.2) is 36.9 Å². The summed E-state index contributed by atoms with van der Waals surface area (Å²) in [6.45, 7) is 0.949. The summed E-state index contributed by atoms with van der Waals surface area (Å²) in [4.78, 5) is 22.3. The topological polar surface area (TPSA) is 46.1 Å². The average molecular weight is 370 g/mol. The Bertz CT molecular complexity index is 780. The molecule has 1 aliphatic carbocycles. The minimum atomic E-state index is 0.350. The lowest BCUT2D eigenvalue weighted by atomic mass is 9.81. The standard InChI is InChI=1S/C21H24ClN3O/c22-20-11-16(18-12-23-14-24-13-18)6-7-17(20)9-15-3-1-4-19(10-15)25-8-2-5-21(25)26/h6-7,11-15,19H,1-5,8-10H2. The van der Waals surface area contributed by atoms with E-state index in [2.05, 4.69) is 27.0 Å². The number of amides is 1. The first kappa shape index (κ1) is 17.5. The van der Waals surface area contributed by atoms with Gasteiger partial charge in [0.25, 0.3) is 0 Å². The highest BCUT2D eigenvalue weighted by Crippen LogP contribution is 2.34. The third-order valence-corrected chi connectivity index (χ3v) is 6.11. The van der Waals surface area contributed by atoms with Crippen molar-refractivity contribution in [3.05, 3.63) is 47.5 Å². The smallest absolute Gasteiger partial charge is 0.222 e. The van der Waals surface area contributed by atoms with Crippen molar-refractivity contribution in [1.29, 1.82) is 0 Å². The Kier molecular flexibility index (Phi) is 5.21. The molecule has 1 amide bonds. The van der Waals surface area contributed by atoms with Crippen molar-refractivity contribution in [2.75, 3.05) is 6.54 Å². The number of likely N-dealkylation sites (tertiary alicyclic amines) is 1. The molecule has 2 aromatic rings. The quantitative estimate of drug-likeness (QED) is 0.795. The van der Waals surface area contributed by atoms with Crippen LogP contribution in [0.1, 0.15) is 44.1 Å². The van der Waals surface area contributed by atoms with Crippen LogP contribution >= 0.6 is 11.6 Å². The molecule has 0 bridgehead atoms. The van der Waals surface area contributed by atoms with Gasteiger partial charge in [-0.1, -0.05) is 30.2 Å². The molecule has 0 radical (unpaired) electrons. The first-order valence-electron chi connectivity index (χ1n) is 9.54. The molecular weight excluding hydrogens is 346 g/mol.